The number of hydrogen-bond acceptors (Lipinski definition) is 2. The summed E-state index contributed by atoms with van der Waals surface area (Å²) in [5, 5.41) is 23.1. The van der Waals surface area contributed by atoms with Crippen molar-refractivity contribution in [1.29, 1.82) is 10.5 Å². The summed E-state index contributed by atoms with van der Waals surface area (Å²) < 4.78 is 92.4. The molecule has 0 radical (unpaired) electrons. The summed E-state index contributed by atoms with van der Waals surface area (Å²) in [5.41, 5.74) is 0.237. The van der Waals surface area contributed by atoms with E-state index in [0.717, 1.165) is 12.1 Å². The van der Waals surface area contributed by atoms with Crippen LogP contribution >= 0.6 is 0 Å². The van der Waals surface area contributed by atoms with Gasteiger partial charge in [0, 0.05) is 55.2 Å². The molecule has 0 unspecified atom stereocenters. The minimum Gasteiger partial charge on any atom is -0.309 e. The van der Waals surface area contributed by atoms with Crippen molar-refractivity contribution in [3.05, 3.63) is 168 Å². The third kappa shape index (κ3) is 5.07. The molecule has 0 atom stereocenters. The van der Waals surface area contributed by atoms with Gasteiger partial charge in [-0.05, 0) is 48.5 Å². The number of aromatic nitrogens is 2. The number of halogens is 6. The van der Waals surface area contributed by atoms with Gasteiger partial charge in [-0.25, -0.2) is 0 Å². The van der Waals surface area contributed by atoms with Crippen molar-refractivity contribution in [2.75, 3.05) is 0 Å². The molecule has 0 spiro atoms. The Morgan fingerprint density at radius 2 is 0.768 bits per heavy atom. The number of nitriles is 2. The smallest absolute Gasteiger partial charge is 0.309 e. The normalized spacial score (nSPS) is 12.1. The highest BCUT2D eigenvalue weighted by Gasteiger charge is 2.38. The Bertz CT molecular complexity index is 2910. The molecule has 2 heterocycles. The van der Waals surface area contributed by atoms with Gasteiger partial charge in [0.2, 0.25) is 0 Å². The van der Waals surface area contributed by atoms with Crippen molar-refractivity contribution in [1.82, 2.24) is 9.13 Å². The molecule has 9 aromatic rings. The van der Waals surface area contributed by atoms with Crippen LogP contribution in [0.2, 0.25) is 0 Å². The predicted octanol–water partition coefficient (Wildman–Crippen LogP) is 13.0. The highest BCUT2D eigenvalue weighted by molar-refractivity contribution is 6.33. The number of benzene rings is 7. The zero-order valence-electron chi connectivity index (χ0n) is 28.9. The molecule has 0 aliphatic carbocycles. The Kier molecular flexibility index (Phi) is 7.78. The summed E-state index contributed by atoms with van der Waals surface area (Å²) >= 11 is 0. The Morgan fingerprint density at radius 3 is 1.12 bits per heavy atom. The van der Waals surface area contributed by atoms with Gasteiger partial charge in [-0.15, -0.1) is 0 Å². The van der Waals surface area contributed by atoms with E-state index in [9.17, 15) is 36.9 Å². The Hall–Kier alpha value is -7.30. The Labute approximate surface area is 314 Å². The molecule has 0 aliphatic rings. The lowest BCUT2D eigenvalue weighted by Gasteiger charge is -2.21. The standard InChI is InChI=1S/C46H24F6N4/c47-45(48,49)35-21-11-19-29(33(35)25-53)39-42-32-18-8-10-24-38(32)56(28-15-5-2-6-16-28)44(42)40(30-20-12-22-36(34(30)26-54)46(50,51)52)41-31-17-7-9-23-37(31)55(43(39)41)27-13-3-1-4-14-27/h1-24H. The highest BCUT2D eigenvalue weighted by Crippen LogP contribution is 2.54. The molecule has 0 aliphatic heterocycles. The summed E-state index contributed by atoms with van der Waals surface area (Å²) in [6, 6.07) is 43.6. The summed E-state index contributed by atoms with van der Waals surface area (Å²) in [5.74, 6) is 0. The number of para-hydroxylation sites is 4. The number of hydrogen-bond donors (Lipinski definition) is 0. The van der Waals surface area contributed by atoms with Gasteiger partial charge in [-0.1, -0.05) is 97.1 Å². The maximum Gasteiger partial charge on any atom is 0.417 e. The zero-order valence-corrected chi connectivity index (χ0v) is 28.9. The van der Waals surface area contributed by atoms with Crippen LogP contribution in [0.15, 0.2) is 146 Å². The Balaban J connectivity index is 1.70. The van der Waals surface area contributed by atoms with Crippen molar-refractivity contribution in [3.63, 3.8) is 0 Å². The molecule has 56 heavy (non-hydrogen) atoms. The molecular weight excluding hydrogens is 723 g/mol. The Morgan fingerprint density at radius 1 is 0.411 bits per heavy atom. The van der Waals surface area contributed by atoms with Gasteiger partial charge >= 0.3 is 12.4 Å². The summed E-state index contributed by atoms with van der Waals surface area (Å²) in [6.07, 6.45) is -9.77. The monoisotopic (exact) mass is 746 g/mol. The van der Waals surface area contributed by atoms with Crippen LogP contribution in [0.3, 0.4) is 0 Å². The third-order valence-corrected chi connectivity index (χ3v) is 10.3. The van der Waals surface area contributed by atoms with E-state index in [1.807, 2.05) is 106 Å². The van der Waals surface area contributed by atoms with Crippen LogP contribution in [0.1, 0.15) is 22.3 Å². The van der Waals surface area contributed by atoms with E-state index < -0.39 is 34.6 Å². The van der Waals surface area contributed by atoms with E-state index in [1.165, 1.54) is 24.3 Å². The molecule has 10 heteroatoms. The van der Waals surface area contributed by atoms with Crippen molar-refractivity contribution in [2.45, 2.75) is 12.4 Å². The van der Waals surface area contributed by atoms with E-state index in [1.54, 1.807) is 24.3 Å². The molecule has 4 nitrogen and oxygen atoms in total. The molecule has 0 N–H and O–H groups in total. The average molecular weight is 747 g/mol. The van der Waals surface area contributed by atoms with E-state index in [-0.39, 0.29) is 22.3 Å². The largest absolute Gasteiger partial charge is 0.417 e. The highest BCUT2D eigenvalue weighted by atomic mass is 19.4. The van der Waals surface area contributed by atoms with Gasteiger partial charge in [-0.2, -0.15) is 36.9 Å². The second-order valence-electron chi connectivity index (χ2n) is 13.2. The number of alkyl halides is 6. The first-order chi connectivity index (χ1) is 27.0. The fraction of sp³-hybridized carbons (Fsp3) is 0.0435. The SMILES string of the molecule is N#Cc1c(-c2c3c4ccccc4n(-c4ccccc4)c3c(-c3cccc(C(F)(F)F)c3C#N)c3c4ccccc4n(-c4ccccc4)c23)cccc1C(F)(F)F. The van der Waals surface area contributed by atoms with Crippen molar-refractivity contribution in [2.24, 2.45) is 0 Å². The van der Waals surface area contributed by atoms with E-state index in [0.29, 0.717) is 55.0 Å². The zero-order chi connectivity index (χ0) is 38.9. The van der Waals surface area contributed by atoms with Gasteiger partial charge in [-0.3, -0.25) is 0 Å². The molecule has 0 bridgehead atoms. The first-order valence-corrected chi connectivity index (χ1v) is 17.4. The molecule has 0 fully saturated rings. The lowest BCUT2D eigenvalue weighted by atomic mass is 9.85. The van der Waals surface area contributed by atoms with Gasteiger partial charge in [0.1, 0.15) is 12.1 Å². The molecule has 0 saturated heterocycles. The molecular formula is C46H24F6N4. The number of nitrogens with zero attached hydrogens (tertiary/aromatic N) is 4. The minimum atomic E-state index is -4.89. The first-order valence-electron chi connectivity index (χ1n) is 17.4. The average Bonchev–Trinajstić information content (AvgIpc) is 3.73. The molecule has 2 aromatic heterocycles. The van der Waals surface area contributed by atoms with Gasteiger partial charge in [0.25, 0.3) is 0 Å². The van der Waals surface area contributed by atoms with Crippen molar-refractivity contribution < 1.29 is 26.3 Å². The molecule has 9 rings (SSSR count). The van der Waals surface area contributed by atoms with Crippen LogP contribution < -0.4 is 0 Å². The van der Waals surface area contributed by atoms with E-state index >= 15 is 0 Å². The number of fused-ring (bicyclic) bond motifs is 6. The minimum absolute atomic E-state index is 0.00984. The van der Waals surface area contributed by atoms with Crippen LogP contribution in [0.4, 0.5) is 26.3 Å². The number of rotatable bonds is 4. The fourth-order valence-electron chi connectivity index (χ4n) is 8.15. The van der Waals surface area contributed by atoms with Crippen molar-refractivity contribution >= 4 is 43.6 Å². The van der Waals surface area contributed by atoms with Crippen LogP contribution in [0, 0.1) is 22.7 Å². The summed E-state index contributed by atoms with van der Waals surface area (Å²) in [6.45, 7) is 0. The first kappa shape index (κ1) is 34.5. The van der Waals surface area contributed by atoms with Crippen LogP contribution in [-0.4, -0.2) is 9.13 Å². The summed E-state index contributed by atoms with van der Waals surface area (Å²) in [4.78, 5) is 0. The maximum absolute atomic E-state index is 14.8. The molecule has 0 saturated carbocycles. The van der Waals surface area contributed by atoms with Gasteiger partial charge < -0.3 is 9.13 Å². The second-order valence-corrected chi connectivity index (χ2v) is 13.2. The summed E-state index contributed by atoms with van der Waals surface area (Å²) in [7, 11) is 0. The maximum atomic E-state index is 14.8. The molecule has 270 valence electrons. The predicted molar refractivity (Wildman–Crippen MR) is 205 cm³/mol. The van der Waals surface area contributed by atoms with Crippen LogP contribution in [0.5, 0.6) is 0 Å². The lowest BCUT2D eigenvalue weighted by Crippen LogP contribution is -2.10. The fourth-order valence-corrected chi connectivity index (χ4v) is 8.15. The molecule has 0 amide bonds. The third-order valence-electron chi connectivity index (χ3n) is 10.3. The topological polar surface area (TPSA) is 57.4 Å². The van der Waals surface area contributed by atoms with Crippen LogP contribution in [0.25, 0.3) is 77.2 Å². The van der Waals surface area contributed by atoms with Gasteiger partial charge in [0.15, 0.2) is 0 Å². The molecule has 7 aromatic carbocycles. The van der Waals surface area contributed by atoms with Gasteiger partial charge in [0.05, 0.1) is 44.3 Å². The van der Waals surface area contributed by atoms with E-state index in [2.05, 4.69) is 0 Å². The lowest BCUT2D eigenvalue weighted by molar-refractivity contribution is -0.138. The quantitative estimate of drug-likeness (QED) is 0.168. The van der Waals surface area contributed by atoms with E-state index in [4.69, 9.17) is 0 Å². The van der Waals surface area contributed by atoms with Crippen molar-refractivity contribution in [3.8, 4) is 45.8 Å². The second kappa shape index (κ2) is 12.6. The van der Waals surface area contributed by atoms with Crippen LogP contribution in [-0.2, 0) is 12.4 Å².